The van der Waals surface area contributed by atoms with Crippen molar-refractivity contribution in [2.24, 2.45) is 0 Å². The molecular weight excluding hydrogens is 501 g/mol. The lowest BCUT2D eigenvalue weighted by Gasteiger charge is -2.11. The minimum absolute atomic E-state index is 0.158. The Hall–Kier alpha value is -4.30. The van der Waals surface area contributed by atoms with E-state index in [1.165, 1.54) is 23.3 Å². The molecule has 0 saturated carbocycles. The molecule has 8 heteroatoms. The summed E-state index contributed by atoms with van der Waals surface area (Å²) in [6.45, 7) is 0. The van der Waals surface area contributed by atoms with Gasteiger partial charge in [-0.1, -0.05) is 66.7 Å². The Morgan fingerprint density at radius 1 is 0.622 bits per heavy atom. The smallest absolute Gasteiger partial charge is 0.456 e. The molecule has 1 aliphatic carbocycles. The maximum absolute atomic E-state index is 13.0. The van der Waals surface area contributed by atoms with E-state index in [4.69, 9.17) is 4.42 Å². The fraction of sp³-hybridized carbons (Fsp3) is 0.0345. The second-order valence-corrected chi connectivity index (χ2v) is 10.4. The van der Waals surface area contributed by atoms with E-state index in [2.05, 4.69) is 28.4 Å². The van der Waals surface area contributed by atoms with Gasteiger partial charge in [0.15, 0.2) is 5.75 Å². The monoisotopic (exact) mass is 516 g/mol. The van der Waals surface area contributed by atoms with E-state index in [1.807, 2.05) is 36.4 Å². The van der Waals surface area contributed by atoms with Gasteiger partial charge in [0.25, 0.3) is 0 Å². The largest absolute Gasteiger partial charge is 0.534 e. The van der Waals surface area contributed by atoms with Crippen LogP contribution in [0.25, 0.3) is 66.1 Å². The summed E-state index contributed by atoms with van der Waals surface area (Å²) in [5.74, 6) is -0.443. The summed E-state index contributed by atoms with van der Waals surface area (Å²) in [6.07, 6.45) is 0. The molecule has 1 heterocycles. The number of rotatable bonds is 3. The Morgan fingerprint density at radius 3 is 2.05 bits per heavy atom. The summed E-state index contributed by atoms with van der Waals surface area (Å²) >= 11 is 0. The van der Waals surface area contributed by atoms with Crippen molar-refractivity contribution in [1.29, 1.82) is 0 Å². The van der Waals surface area contributed by atoms with Crippen LogP contribution in [0.4, 0.5) is 13.2 Å². The normalized spacial score (nSPS) is 12.9. The van der Waals surface area contributed by atoms with Gasteiger partial charge in [-0.15, -0.1) is 0 Å². The molecule has 0 atom stereocenters. The first-order valence-corrected chi connectivity index (χ1v) is 12.8. The number of halogens is 3. The predicted molar refractivity (Wildman–Crippen MR) is 137 cm³/mol. The fourth-order valence-corrected chi connectivity index (χ4v) is 5.73. The molecule has 0 unspecified atom stereocenters. The molecule has 1 aliphatic rings. The standard InChI is InChI=1S/C29H15F3O4S/c30-29(31,32)37(33,34)36-26-10-4-9-25-28(26)23-15-16(11-14-24(23)35-25)17-12-13-22-19-6-2-1-5-18(19)21-8-3-7-20(17)27(21)22/h1-15H. The Bertz CT molecular complexity index is 1990. The van der Waals surface area contributed by atoms with Crippen molar-refractivity contribution in [2.75, 3.05) is 0 Å². The molecule has 0 saturated heterocycles. The lowest BCUT2D eigenvalue weighted by atomic mass is 9.93. The van der Waals surface area contributed by atoms with Crippen LogP contribution in [0, 0.1) is 0 Å². The van der Waals surface area contributed by atoms with Crippen LogP contribution in [0.15, 0.2) is 95.4 Å². The highest BCUT2D eigenvalue weighted by atomic mass is 32.2. The van der Waals surface area contributed by atoms with Gasteiger partial charge in [-0.2, -0.15) is 21.6 Å². The summed E-state index contributed by atoms with van der Waals surface area (Å²) in [5.41, 5.74) is 1.45. The highest BCUT2D eigenvalue weighted by Gasteiger charge is 2.48. The number of hydrogen-bond donors (Lipinski definition) is 0. The molecule has 0 fully saturated rings. The summed E-state index contributed by atoms with van der Waals surface area (Å²) in [7, 11) is -5.85. The van der Waals surface area contributed by atoms with Crippen molar-refractivity contribution in [3.63, 3.8) is 0 Å². The molecular formula is C29H15F3O4S. The van der Waals surface area contributed by atoms with Gasteiger partial charge in [-0.05, 0) is 68.4 Å². The Balaban J connectivity index is 1.45. The van der Waals surface area contributed by atoms with E-state index >= 15 is 0 Å². The van der Waals surface area contributed by atoms with E-state index < -0.39 is 21.4 Å². The summed E-state index contributed by atoms with van der Waals surface area (Å²) < 4.78 is 72.9. The lowest BCUT2D eigenvalue weighted by molar-refractivity contribution is -0.0499. The van der Waals surface area contributed by atoms with E-state index in [9.17, 15) is 21.6 Å². The van der Waals surface area contributed by atoms with Crippen LogP contribution in [0.1, 0.15) is 0 Å². The number of alkyl halides is 3. The van der Waals surface area contributed by atoms with Crippen LogP contribution in [-0.4, -0.2) is 13.9 Å². The zero-order valence-corrected chi connectivity index (χ0v) is 19.7. The van der Waals surface area contributed by atoms with E-state index in [0.717, 1.165) is 33.0 Å². The van der Waals surface area contributed by atoms with Crippen LogP contribution in [0.3, 0.4) is 0 Å². The third-order valence-corrected chi connectivity index (χ3v) is 7.76. The van der Waals surface area contributed by atoms with Crippen molar-refractivity contribution in [3.8, 4) is 39.1 Å². The molecule has 1 aromatic heterocycles. The molecule has 5 aromatic carbocycles. The molecule has 0 N–H and O–H groups in total. The average molecular weight is 516 g/mol. The minimum atomic E-state index is -5.85. The topological polar surface area (TPSA) is 56.5 Å². The van der Waals surface area contributed by atoms with Gasteiger partial charge in [-0.25, -0.2) is 0 Å². The highest BCUT2D eigenvalue weighted by molar-refractivity contribution is 7.88. The van der Waals surface area contributed by atoms with Crippen LogP contribution in [0.5, 0.6) is 5.75 Å². The summed E-state index contributed by atoms with van der Waals surface area (Å²) in [4.78, 5) is 0. The van der Waals surface area contributed by atoms with Gasteiger partial charge in [0.2, 0.25) is 0 Å². The molecule has 0 bridgehead atoms. The number of furan rings is 1. The van der Waals surface area contributed by atoms with Crippen molar-refractivity contribution in [2.45, 2.75) is 5.51 Å². The van der Waals surface area contributed by atoms with Gasteiger partial charge in [-0.3, -0.25) is 0 Å². The van der Waals surface area contributed by atoms with E-state index in [1.54, 1.807) is 18.2 Å². The average Bonchev–Trinajstić information content (AvgIpc) is 3.41. The second-order valence-electron chi connectivity index (χ2n) is 8.86. The first kappa shape index (κ1) is 21.9. The van der Waals surface area contributed by atoms with Crippen LogP contribution in [0.2, 0.25) is 0 Å². The van der Waals surface area contributed by atoms with Gasteiger partial charge < -0.3 is 8.60 Å². The zero-order valence-electron chi connectivity index (χ0n) is 18.8. The fourth-order valence-electron chi connectivity index (χ4n) is 5.26. The molecule has 0 radical (unpaired) electrons. The Labute approximate surface area is 208 Å². The molecule has 0 aliphatic heterocycles. The van der Waals surface area contributed by atoms with E-state index in [0.29, 0.717) is 11.0 Å². The summed E-state index contributed by atoms with van der Waals surface area (Å²) in [5, 5.41) is 2.78. The molecule has 7 rings (SSSR count). The van der Waals surface area contributed by atoms with Crippen molar-refractivity contribution in [3.05, 3.63) is 91.0 Å². The zero-order chi connectivity index (χ0) is 25.5. The summed E-state index contributed by atoms with van der Waals surface area (Å²) in [6, 6.07) is 28.0. The van der Waals surface area contributed by atoms with Gasteiger partial charge in [0.1, 0.15) is 11.2 Å². The third-order valence-electron chi connectivity index (χ3n) is 6.80. The lowest BCUT2D eigenvalue weighted by Crippen LogP contribution is -2.28. The molecule has 0 amide bonds. The van der Waals surface area contributed by atoms with Gasteiger partial charge in [0, 0.05) is 5.39 Å². The maximum Gasteiger partial charge on any atom is 0.534 e. The second kappa shape index (κ2) is 7.36. The number of benzene rings is 5. The van der Waals surface area contributed by atoms with E-state index in [-0.39, 0.29) is 11.0 Å². The number of hydrogen-bond acceptors (Lipinski definition) is 4. The molecule has 6 aromatic rings. The minimum Gasteiger partial charge on any atom is -0.456 e. The van der Waals surface area contributed by atoms with Crippen molar-refractivity contribution < 1.29 is 30.2 Å². The highest BCUT2D eigenvalue weighted by Crippen LogP contribution is 2.49. The molecule has 0 spiro atoms. The third kappa shape index (κ3) is 3.12. The van der Waals surface area contributed by atoms with Gasteiger partial charge in [0.05, 0.1) is 5.39 Å². The maximum atomic E-state index is 13.0. The first-order chi connectivity index (χ1) is 17.7. The molecule has 182 valence electrons. The predicted octanol–water partition coefficient (Wildman–Crippen LogP) is 8.28. The SMILES string of the molecule is O=S(=O)(Oc1cccc2oc3ccc(-c4ccc5c6c(cccc46)-c4ccccc4-5)cc3c12)C(F)(F)F. The van der Waals surface area contributed by atoms with Crippen LogP contribution < -0.4 is 4.18 Å². The van der Waals surface area contributed by atoms with Crippen molar-refractivity contribution in [1.82, 2.24) is 0 Å². The Kier molecular flexibility index (Phi) is 4.37. The first-order valence-electron chi connectivity index (χ1n) is 11.3. The molecule has 37 heavy (non-hydrogen) atoms. The Morgan fingerprint density at radius 2 is 1.30 bits per heavy atom. The molecule has 4 nitrogen and oxygen atoms in total. The number of fused-ring (bicyclic) bond motifs is 6. The van der Waals surface area contributed by atoms with Crippen molar-refractivity contribution >= 4 is 42.8 Å². The quantitative estimate of drug-likeness (QED) is 0.175. The van der Waals surface area contributed by atoms with Crippen LogP contribution >= 0.6 is 0 Å². The van der Waals surface area contributed by atoms with Crippen LogP contribution in [-0.2, 0) is 10.1 Å². The van der Waals surface area contributed by atoms with Gasteiger partial charge >= 0.3 is 15.6 Å².